The van der Waals surface area contributed by atoms with Crippen LogP contribution in [-0.2, 0) is 4.79 Å². The van der Waals surface area contributed by atoms with E-state index in [1.807, 2.05) is 0 Å². The SMILES string of the molecule is COc1ccc(C(NC(=O)c2nc(C)sc2C)C(=O)O)cc1. The van der Waals surface area contributed by atoms with Gasteiger partial charge in [0.1, 0.15) is 11.4 Å². The maximum Gasteiger partial charge on any atom is 0.330 e. The molecule has 0 bridgehead atoms. The fourth-order valence-corrected chi connectivity index (χ4v) is 2.84. The van der Waals surface area contributed by atoms with Gasteiger partial charge < -0.3 is 15.2 Å². The van der Waals surface area contributed by atoms with Crippen LogP contribution < -0.4 is 10.1 Å². The molecule has 0 aliphatic rings. The second kappa shape index (κ2) is 6.57. The molecule has 1 heterocycles. The Bertz CT molecular complexity index is 694. The summed E-state index contributed by atoms with van der Waals surface area (Å²) in [5.41, 5.74) is 0.730. The zero-order valence-corrected chi connectivity index (χ0v) is 13.2. The Morgan fingerprint density at radius 1 is 1.27 bits per heavy atom. The number of nitrogens with one attached hydrogen (secondary N) is 1. The monoisotopic (exact) mass is 320 g/mol. The highest BCUT2D eigenvalue weighted by molar-refractivity contribution is 7.11. The van der Waals surface area contributed by atoms with Crippen molar-refractivity contribution in [2.45, 2.75) is 19.9 Å². The second-order valence-electron chi connectivity index (χ2n) is 4.66. The first kappa shape index (κ1) is 16.0. The molecule has 0 aliphatic heterocycles. The molecule has 6 nitrogen and oxygen atoms in total. The number of carboxylic acids is 1. The Kier molecular flexibility index (Phi) is 4.77. The summed E-state index contributed by atoms with van der Waals surface area (Å²) in [5, 5.41) is 12.6. The number of carbonyl (C=O) groups excluding carboxylic acids is 1. The van der Waals surface area contributed by atoms with E-state index in [9.17, 15) is 14.7 Å². The Labute approximate surface area is 131 Å². The van der Waals surface area contributed by atoms with Crippen molar-refractivity contribution in [3.63, 3.8) is 0 Å². The van der Waals surface area contributed by atoms with Crippen LogP contribution >= 0.6 is 11.3 Å². The van der Waals surface area contributed by atoms with Gasteiger partial charge in [-0.05, 0) is 31.5 Å². The largest absolute Gasteiger partial charge is 0.497 e. The van der Waals surface area contributed by atoms with E-state index >= 15 is 0 Å². The predicted molar refractivity (Wildman–Crippen MR) is 82.4 cm³/mol. The summed E-state index contributed by atoms with van der Waals surface area (Å²) >= 11 is 1.40. The smallest absolute Gasteiger partial charge is 0.330 e. The van der Waals surface area contributed by atoms with Crippen LogP contribution in [0.2, 0.25) is 0 Å². The molecule has 0 saturated heterocycles. The zero-order valence-electron chi connectivity index (χ0n) is 12.4. The summed E-state index contributed by atoms with van der Waals surface area (Å²) in [6.07, 6.45) is 0. The quantitative estimate of drug-likeness (QED) is 0.882. The highest BCUT2D eigenvalue weighted by atomic mass is 32.1. The maximum absolute atomic E-state index is 12.2. The number of thiazole rings is 1. The molecule has 1 aromatic heterocycles. The summed E-state index contributed by atoms with van der Waals surface area (Å²) in [4.78, 5) is 28.6. The van der Waals surface area contributed by atoms with E-state index in [1.54, 1.807) is 38.1 Å². The molecule has 1 atom stereocenters. The van der Waals surface area contributed by atoms with E-state index in [-0.39, 0.29) is 5.69 Å². The number of aryl methyl sites for hydroxylation is 2. The molecule has 7 heteroatoms. The van der Waals surface area contributed by atoms with Crippen molar-refractivity contribution in [3.8, 4) is 5.75 Å². The van der Waals surface area contributed by atoms with Gasteiger partial charge >= 0.3 is 5.97 Å². The van der Waals surface area contributed by atoms with Gasteiger partial charge in [-0.3, -0.25) is 4.79 Å². The van der Waals surface area contributed by atoms with Crippen LogP contribution in [0.3, 0.4) is 0 Å². The summed E-state index contributed by atoms with van der Waals surface area (Å²) in [6.45, 7) is 3.58. The fourth-order valence-electron chi connectivity index (χ4n) is 2.02. The number of rotatable bonds is 5. The van der Waals surface area contributed by atoms with Gasteiger partial charge in [0.2, 0.25) is 0 Å². The van der Waals surface area contributed by atoms with Gasteiger partial charge in [0.15, 0.2) is 6.04 Å². The number of carboxylic acid groups (broad SMARTS) is 1. The Hall–Kier alpha value is -2.41. The number of hydrogen-bond donors (Lipinski definition) is 2. The fraction of sp³-hybridized carbons (Fsp3) is 0.267. The molecule has 2 aromatic rings. The summed E-state index contributed by atoms with van der Waals surface area (Å²) in [6, 6.07) is 5.37. The summed E-state index contributed by atoms with van der Waals surface area (Å²) < 4.78 is 5.03. The number of hydrogen-bond acceptors (Lipinski definition) is 5. The molecule has 1 amide bonds. The van der Waals surface area contributed by atoms with Gasteiger partial charge in [0.05, 0.1) is 12.1 Å². The first-order valence-corrected chi connectivity index (χ1v) is 7.35. The molecule has 0 saturated carbocycles. The standard InChI is InChI=1S/C15H16N2O4S/c1-8-12(16-9(2)22-8)14(18)17-13(15(19)20)10-4-6-11(21-3)7-5-10/h4-7,13H,1-3H3,(H,17,18)(H,19,20). The lowest BCUT2D eigenvalue weighted by Crippen LogP contribution is -2.34. The minimum absolute atomic E-state index is 0.266. The number of amides is 1. The Morgan fingerprint density at radius 3 is 2.36 bits per heavy atom. The number of aliphatic carboxylic acids is 1. The first-order valence-electron chi connectivity index (χ1n) is 6.54. The summed E-state index contributed by atoms with van der Waals surface area (Å²) in [5.74, 6) is -1.02. The van der Waals surface area contributed by atoms with Gasteiger partial charge in [-0.25, -0.2) is 9.78 Å². The van der Waals surface area contributed by atoms with E-state index in [2.05, 4.69) is 10.3 Å². The molecule has 1 aromatic carbocycles. The normalized spacial score (nSPS) is 11.8. The number of methoxy groups -OCH3 is 1. The second-order valence-corrected chi connectivity index (χ2v) is 6.06. The number of benzene rings is 1. The van der Waals surface area contributed by atoms with E-state index in [0.29, 0.717) is 11.3 Å². The molecule has 2 rings (SSSR count). The molecule has 22 heavy (non-hydrogen) atoms. The van der Waals surface area contributed by atoms with Crippen LogP contribution in [0.1, 0.15) is 32.0 Å². The molecule has 0 spiro atoms. The third kappa shape index (κ3) is 3.43. The highest BCUT2D eigenvalue weighted by Gasteiger charge is 2.24. The Morgan fingerprint density at radius 2 is 1.91 bits per heavy atom. The van der Waals surface area contributed by atoms with Crippen molar-refractivity contribution in [3.05, 3.63) is 45.4 Å². The van der Waals surface area contributed by atoms with Crippen LogP contribution in [0.15, 0.2) is 24.3 Å². The number of carbonyl (C=O) groups is 2. The topological polar surface area (TPSA) is 88.5 Å². The highest BCUT2D eigenvalue weighted by Crippen LogP contribution is 2.20. The molecule has 0 aliphatic carbocycles. The lowest BCUT2D eigenvalue weighted by Gasteiger charge is -2.15. The third-order valence-corrected chi connectivity index (χ3v) is 3.98. The average molecular weight is 320 g/mol. The van der Waals surface area contributed by atoms with Crippen molar-refractivity contribution in [2.75, 3.05) is 7.11 Å². The molecule has 116 valence electrons. The number of aromatic nitrogens is 1. The van der Waals surface area contributed by atoms with E-state index in [1.165, 1.54) is 18.4 Å². The van der Waals surface area contributed by atoms with Gasteiger partial charge in [0.25, 0.3) is 5.91 Å². The predicted octanol–water partition coefficient (Wildman–Crippen LogP) is 2.32. The minimum atomic E-state index is -1.14. The van der Waals surface area contributed by atoms with Crippen LogP contribution in [-0.4, -0.2) is 29.1 Å². The Balaban J connectivity index is 2.23. The molecule has 0 radical (unpaired) electrons. The first-order chi connectivity index (χ1) is 10.4. The van der Waals surface area contributed by atoms with Crippen LogP contribution in [0, 0.1) is 13.8 Å². The van der Waals surface area contributed by atoms with Gasteiger partial charge in [-0.2, -0.15) is 0 Å². The van der Waals surface area contributed by atoms with E-state index in [0.717, 1.165) is 9.88 Å². The molecular formula is C15H16N2O4S. The molecular weight excluding hydrogens is 304 g/mol. The molecule has 2 N–H and O–H groups in total. The zero-order chi connectivity index (χ0) is 16.3. The molecule has 1 unspecified atom stereocenters. The van der Waals surface area contributed by atoms with Gasteiger partial charge in [-0.15, -0.1) is 11.3 Å². The minimum Gasteiger partial charge on any atom is -0.497 e. The average Bonchev–Trinajstić information content (AvgIpc) is 2.83. The van der Waals surface area contributed by atoms with Crippen molar-refractivity contribution >= 4 is 23.2 Å². The van der Waals surface area contributed by atoms with Crippen molar-refractivity contribution in [1.29, 1.82) is 0 Å². The van der Waals surface area contributed by atoms with Gasteiger partial charge in [-0.1, -0.05) is 12.1 Å². The molecule has 0 fully saturated rings. The van der Waals surface area contributed by atoms with Crippen LogP contribution in [0.4, 0.5) is 0 Å². The lowest BCUT2D eigenvalue weighted by atomic mass is 10.1. The van der Waals surface area contributed by atoms with Crippen molar-refractivity contribution in [1.82, 2.24) is 10.3 Å². The van der Waals surface area contributed by atoms with Gasteiger partial charge in [0, 0.05) is 4.88 Å². The summed E-state index contributed by atoms with van der Waals surface area (Å²) in [7, 11) is 1.53. The number of ether oxygens (including phenoxy) is 1. The van der Waals surface area contributed by atoms with E-state index in [4.69, 9.17) is 4.74 Å². The third-order valence-electron chi connectivity index (χ3n) is 3.09. The van der Waals surface area contributed by atoms with Crippen LogP contribution in [0.5, 0.6) is 5.75 Å². The maximum atomic E-state index is 12.2. The van der Waals surface area contributed by atoms with Crippen molar-refractivity contribution < 1.29 is 19.4 Å². The van der Waals surface area contributed by atoms with E-state index < -0.39 is 17.9 Å². The number of nitrogens with zero attached hydrogens (tertiary/aromatic N) is 1. The lowest BCUT2D eigenvalue weighted by molar-refractivity contribution is -0.139. The van der Waals surface area contributed by atoms with Crippen LogP contribution in [0.25, 0.3) is 0 Å². The van der Waals surface area contributed by atoms with Crippen molar-refractivity contribution in [2.24, 2.45) is 0 Å².